The summed E-state index contributed by atoms with van der Waals surface area (Å²) in [6.45, 7) is 1.95. The quantitative estimate of drug-likeness (QED) is 0.421. The summed E-state index contributed by atoms with van der Waals surface area (Å²) in [5.74, 6) is 1.98. The lowest BCUT2D eigenvalue weighted by Crippen LogP contribution is -2.02. The molecule has 0 aliphatic heterocycles. The molecule has 7 nitrogen and oxygen atoms in total. The van der Waals surface area contributed by atoms with Crippen LogP contribution in [0.4, 0.5) is 23.3 Å². The number of nitrogens with one attached hydrogen (secondary N) is 3. The van der Waals surface area contributed by atoms with Crippen molar-refractivity contribution in [3.8, 4) is 0 Å². The number of aromatic amines is 1. The summed E-state index contributed by atoms with van der Waals surface area (Å²) >= 11 is 1.61. The maximum Gasteiger partial charge on any atom is 0.231 e. The third-order valence-corrected chi connectivity index (χ3v) is 5.05. The number of benzene rings is 1. The first-order valence-corrected chi connectivity index (χ1v) is 9.29. The molecule has 8 heteroatoms. The molecule has 5 rings (SSSR count). The normalized spacial score (nSPS) is 11.1. The number of fused-ring (bicyclic) bond motifs is 2. The molecule has 0 amide bonds. The first-order valence-electron chi connectivity index (χ1n) is 8.41. The molecule has 0 aliphatic carbocycles. The summed E-state index contributed by atoms with van der Waals surface area (Å²) in [5.41, 5.74) is 3.76. The highest BCUT2D eigenvalue weighted by atomic mass is 32.1. The maximum atomic E-state index is 4.67. The van der Waals surface area contributed by atoms with Crippen molar-refractivity contribution < 1.29 is 0 Å². The molecule has 0 aliphatic rings. The van der Waals surface area contributed by atoms with Crippen molar-refractivity contribution in [1.29, 1.82) is 0 Å². The molecular weight excluding hydrogens is 358 g/mol. The predicted octanol–water partition coefficient (Wildman–Crippen LogP) is 4.76. The van der Waals surface area contributed by atoms with E-state index in [0.29, 0.717) is 5.95 Å². The van der Waals surface area contributed by atoms with Crippen LogP contribution >= 0.6 is 11.3 Å². The third kappa shape index (κ3) is 3.06. The van der Waals surface area contributed by atoms with Crippen molar-refractivity contribution >= 4 is 55.7 Å². The van der Waals surface area contributed by atoms with E-state index in [0.717, 1.165) is 44.1 Å². The minimum atomic E-state index is 0.505. The average molecular weight is 373 g/mol. The van der Waals surface area contributed by atoms with E-state index in [4.69, 9.17) is 0 Å². The van der Waals surface area contributed by atoms with Gasteiger partial charge in [0.2, 0.25) is 5.95 Å². The second-order valence-corrected chi connectivity index (χ2v) is 7.03. The van der Waals surface area contributed by atoms with Gasteiger partial charge < -0.3 is 10.6 Å². The number of thiophene rings is 1. The van der Waals surface area contributed by atoms with E-state index in [9.17, 15) is 0 Å². The van der Waals surface area contributed by atoms with Crippen LogP contribution in [0.5, 0.6) is 0 Å². The Balaban J connectivity index is 1.53. The lowest BCUT2D eigenvalue weighted by atomic mass is 10.2. The van der Waals surface area contributed by atoms with Crippen molar-refractivity contribution in [2.75, 3.05) is 10.6 Å². The van der Waals surface area contributed by atoms with E-state index >= 15 is 0 Å². The van der Waals surface area contributed by atoms with E-state index in [1.807, 2.05) is 54.8 Å². The molecule has 3 N–H and O–H groups in total. The fraction of sp³-hybridized carbons (Fsp3) is 0.0526. The molecule has 0 bridgehead atoms. The van der Waals surface area contributed by atoms with E-state index in [-0.39, 0.29) is 0 Å². The van der Waals surface area contributed by atoms with Crippen LogP contribution in [0.2, 0.25) is 0 Å². The van der Waals surface area contributed by atoms with E-state index in [1.165, 1.54) is 0 Å². The Labute approximate surface area is 158 Å². The standard InChI is InChI=1S/C19H15N7S/c1-11-3-2-4-16(21-11)24-19-23-15-7-8-27-17(15)18(25-19)22-13-5-6-14-12(9-13)10-20-26-14/h2-10H,1H3,(H,20,26)(H2,21,22,23,24,25). The highest BCUT2D eigenvalue weighted by Crippen LogP contribution is 2.31. The number of hydrogen-bond acceptors (Lipinski definition) is 7. The van der Waals surface area contributed by atoms with Crippen molar-refractivity contribution in [3.05, 3.63) is 59.7 Å². The summed E-state index contributed by atoms with van der Waals surface area (Å²) in [6.07, 6.45) is 1.80. The van der Waals surface area contributed by atoms with Crippen molar-refractivity contribution in [2.45, 2.75) is 6.92 Å². The summed E-state index contributed by atoms with van der Waals surface area (Å²) in [6, 6.07) is 13.8. The second-order valence-electron chi connectivity index (χ2n) is 6.12. The van der Waals surface area contributed by atoms with Crippen LogP contribution in [0.3, 0.4) is 0 Å². The molecule has 0 saturated heterocycles. The zero-order valence-electron chi connectivity index (χ0n) is 14.4. The van der Waals surface area contributed by atoms with Crippen LogP contribution in [0.1, 0.15) is 5.69 Å². The molecule has 0 radical (unpaired) electrons. The number of anilines is 4. The number of rotatable bonds is 4. The second kappa shape index (κ2) is 6.33. The SMILES string of the molecule is Cc1cccc(Nc2nc(Nc3ccc4[nH]ncc4c3)c3sccc3n2)n1. The zero-order valence-corrected chi connectivity index (χ0v) is 15.2. The van der Waals surface area contributed by atoms with Gasteiger partial charge in [-0.05, 0) is 48.7 Å². The lowest BCUT2D eigenvalue weighted by Gasteiger charge is -2.10. The number of aromatic nitrogens is 5. The molecule has 4 aromatic heterocycles. The molecule has 5 aromatic rings. The Kier molecular flexibility index (Phi) is 3.68. The fourth-order valence-electron chi connectivity index (χ4n) is 2.89. The summed E-state index contributed by atoms with van der Waals surface area (Å²) in [4.78, 5) is 13.7. The van der Waals surface area contributed by atoms with Gasteiger partial charge in [0, 0.05) is 16.8 Å². The van der Waals surface area contributed by atoms with Crippen molar-refractivity contribution in [1.82, 2.24) is 25.1 Å². The third-order valence-electron chi connectivity index (χ3n) is 4.13. The summed E-state index contributed by atoms with van der Waals surface area (Å²) in [5, 5.41) is 16.7. The van der Waals surface area contributed by atoms with Crippen molar-refractivity contribution in [2.24, 2.45) is 0 Å². The molecule has 0 fully saturated rings. The Bertz CT molecular complexity index is 1260. The highest BCUT2D eigenvalue weighted by Gasteiger charge is 2.11. The average Bonchev–Trinajstić information content (AvgIpc) is 3.30. The molecule has 0 unspecified atom stereocenters. The van der Waals surface area contributed by atoms with Crippen LogP contribution in [-0.2, 0) is 0 Å². The number of hydrogen-bond donors (Lipinski definition) is 3. The Morgan fingerprint density at radius 1 is 1.00 bits per heavy atom. The van der Waals surface area contributed by atoms with Crippen LogP contribution in [-0.4, -0.2) is 25.1 Å². The first kappa shape index (κ1) is 15.7. The van der Waals surface area contributed by atoms with Gasteiger partial charge in [0.15, 0.2) is 5.82 Å². The Hall–Kier alpha value is -3.52. The Morgan fingerprint density at radius 2 is 1.96 bits per heavy atom. The monoisotopic (exact) mass is 373 g/mol. The van der Waals surface area contributed by atoms with Gasteiger partial charge in [-0.3, -0.25) is 5.10 Å². The molecule has 0 spiro atoms. The molecule has 27 heavy (non-hydrogen) atoms. The van der Waals surface area contributed by atoms with Gasteiger partial charge in [-0.25, -0.2) is 9.97 Å². The minimum absolute atomic E-state index is 0.505. The van der Waals surface area contributed by atoms with E-state index in [2.05, 4.69) is 35.8 Å². The largest absolute Gasteiger partial charge is 0.339 e. The van der Waals surface area contributed by atoms with E-state index in [1.54, 1.807) is 17.5 Å². The maximum absolute atomic E-state index is 4.67. The zero-order chi connectivity index (χ0) is 18.2. The van der Waals surface area contributed by atoms with Gasteiger partial charge in [-0.1, -0.05) is 6.07 Å². The predicted molar refractivity (Wildman–Crippen MR) is 109 cm³/mol. The number of H-pyrrole nitrogens is 1. The summed E-state index contributed by atoms with van der Waals surface area (Å²) in [7, 11) is 0. The van der Waals surface area contributed by atoms with Crippen LogP contribution in [0.25, 0.3) is 21.1 Å². The molecule has 1 aromatic carbocycles. The van der Waals surface area contributed by atoms with Gasteiger partial charge in [0.1, 0.15) is 5.82 Å². The molecule has 0 atom stereocenters. The molecule has 4 heterocycles. The topological polar surface area (TPSA) is 91.4 Å². The van der Waals surface area contributed by atoms with Gasteiger partial charge in [-0.2, -0.15) is 10.1 Å². The molecular formula is C19H15N7S. The van der Waals surface area contributed by atoms with Crippen LogP contribution in [0, 0.1) is 6.92 Å². The van der Waals surface area contributed by atoms with E-state index < -0.39 is 0 Å². The van der Waals surface area contributed by atoms with Gasteiger partial charge in [0.05, 0.1) is 21.9 Å². The highest BCUT2D eigenvalue weighted by molar-refractivity contribution is 7.17. The Morgan fingerprint density at radius 3 is 2.89 bits per heavy atom. The number of aryl methyl sites for hydroxylation is 1. The lowest BCUT2D eigenvalue weighted by molar-refractivity contribution is 1.12. The molecule has 0 saturated carbocycles. The van der Waals surface area contributed by atoms with Crippen molar-refractivity contribution in [3.63, 3.8) is 0 Å². The van der Waals surface area contributed by atoms with Crippen LogP contribution in [0.15, 0.2) is 54.0 Å². The summed E-state index contributed by atoms with van der Waals surface area (Å²) < 4.78 is 1.00. The minimum Gasteiger partial charge on any atom is -0.339 e. The number of nitrogens with zero attached hydrogens (tertiary/aromatic N) is 4. The van der Waals surface area contributed by atoms with Crippen LogP contribution < -0.4 is 10.6 Å². The van der Waals surface area contributed by atoms with Gasteiger partial charge in [-0.15, -0.1) is 11.3 Å². The smallest absolute Gasteiger partial charge is 0.231 e. The fourth-order valence-corrected chi connectivity index (χ4v) is 3.66. The van der Waals surface area contributed by atoms with Gasteiger partial charge in [0.25, 0.3) is 0 Å². The van der Waals surface area contributed by atoms with Gasteiger partial charge >= 0.3 is 0 Å². The number of pyridine rings is 1. The first-order chi connectivity index (χ1) is 13.2. The molecule has 132 valence electrons.